The average molecular weight is 264 g/mol. The minimum atomic E-state index is -0.397. The van der Waals surface area contributed by atoms with Gasteiger partial charge in [-0.05, 0) is 19.5 Å². The first kappa shape index (κ1) is 13.6. The molecule has 0 saturated carbocycles. The van der Waals surface area contributed by atoms with Gasteiger partial charge in [0.15, 0.2) is 0 Å². The van der Waals surface area contributed by atoms with Crippen molar-refractivity contribution in [2.75, 3.05) is 36.8 Å². The van der Waals surface area contributed by atoms with Gasteiger partial charge in [-0.25, -0.2) is 0 Å². The third-order valence-corrected chi connectivity index (χ3v) is 3.67. The molecule has 0 radical (unpaired) electrons. The summed E-state index contributed by atoms with van der Waals surface area (Å²) in [4.78, 5) is 15.0. The second-order valence-corrected chi connectivity index (χ2v) is 4.96. The average Bonchev–Trinajstić information content (AvgIpc) is 2.37. The summed E-state index contributed by atoms with van der Waals surface area (Å²) in [6, 6.07) is 5.25. The molecule has 0 amide bonds. The van der Waals surface area contributed by atoms with Gasteiger partial charge in [-0.2, -0.15) is 0 Å². The number of nitrogens with two attached hydrogens (primary N) is 1. The van der Waals surface area contributed by atoms with E-state index in [1.807, 2.05) is 0 Å². The predicted molar refractivity (Wildman–Crippen MR) is 76.4 cm³/mol. The maximum Gasteiger partial charge on any atom is 0.273 e. The summed E-state index contributed by atoms with van der Waals surface area (Å²) >= 11 is 0. The minimum Gasteiger partial charge on any atom is -0.398 e. The molecule has 0 aromatic heterocycles. The van der Waals surface area contributed by atoms with E-state index in [4.69, 9.17) is 5.73 Å². The first-order chi connectivity index (χ1) is 9.01. The number of benzene rings is 1. The number of nitrogens with zero attached hydrogens (tertiary/aromatic N) is 3. The number of non-ortho nitro benzene ring substituents is 1. The van der Waals surface area contributed by atoms with E-state index in [1.165, 1.54) is 6.07 Å². The van der Waals surface area contributed by atoms with Crippen molar-refractivity contribution < 1.29 is 4.92 Å². The molecule has 1 unspecified atom stereocenters. The maximum absolute atomic E-state index is 10.9. The molecule has 6 heteroatoms. The molecule has 1 heterocycles. The predicted octanol–water partition coefficient (Wildman–Crippen LogP) is 1.71. The minimum absolute atomic E-state index is 0.0561. The Morgan fingerprint density at radius 3 is 2.74 bits per heavy atom. The van der Waals surface area contributed by atoms with Gasteiger partial charge in [-0.15, -0.1) is 0 Å². The zero-order chi connectivity index (χ0) is 14.0. The highest BCUT2D eigenvalue weighted by Crippen LogP contribution is 2.27. The van der Waals surface area contributed by atoms with Gasteiger partial charge in [0.1, 0.15) is 0 Å². The number of nitro groups is 1. The van der Waals surface area contributed by atoms with Gasteiger partial charge in [0, 0.05) is 49.2 Å². The first-order valence-corrected chi connectivity index (χ1v) is 6.55. The Balaban J connectivity index is 2.21. The van der Waals surface area contributed by atoms with Gasteiger partial charge in [-0.3, -0.25) is 15.0 Å². The van der Waals surface area contributed by atoms with Crippen LogP contribution in [0.15, 0.2) is 18.2 Å². The van der Waals surface area contributed by atoms with Gasteiger partial charge < -0.3 is 10.6 Å². The Bertz CT molecular complexity index is 478. The summed E-state index contributed by atoms with van der Waals surface area (Å²) in [6.45, 7) is 8.08. The van der Waals surface area contributed by atoms with E-state index in [0.717, 1.165) is 31.9 Å². The summed E-state index contributed by atoms with van der Waals surface area (Å²) in [7, 11) is 0. The van der Waals surface area contributed by atoms with Crippen LogP contribution >= 0.6 is 0 Å². The summed E-state index contributed by atoms with van der Waals surface area (Å²) in [5.41, 5.74) is 7.09. The van der Waals surface area contributed by atoms with Crippen LogP contribution in [0.5, 0.6) is 0 Å². The van der Waals surface area contributed by atoms with E-state index in [1.54, 1.807) is 12.1 Å². The lowest BCUT2D eigenvalue weighted by molar-refractivity contribution is -0.384. The van der Waals surface area contributed by atoms with E-state index in [9.17, 15) is 10.1 Å². The molecule has 0 aliphatic carbocycles. The van der Waals surface area contributed by atoms with Crippen molar-refractivity contribution in [2.45, 2.75) is 19.9 Å². The van der Waals surface area contributed by atoms with Crippen LogP contribution in [0, 0.1) is 10.1 Å². The third-order valence-electron chi connectivity index (χ3n) is 3.67. The van der Waals surface area contributed by atoms with Crippen molar-refractivity contribution in [3.8, 4) is 0 Å². The fraction of sp³-hybridized carbons (Fsp3) is 0.538. The van der Waals surface area contributed by atoms with Crippen molar-refractivity contribution in [2.24, 2.45) is 0 Å². The van der Waals surface area contributed by atoms with Gasteiger partial charge in [0.25, 0.3) is 5.69 Å². The fourth-order valence-corrected chi connectivity index (χ4v) is 2.61. The summed E-state index contributed by atoms with van der Waals surface area (Å²) in [5.74, 6) is 0. The van der Waals surface area contributed by atoms with Crippen LogP contribution in [-0.4, -0.2) is 42.0 Å². The molecule has 1 fully saturated rings. The number of nitro benzene ring substituents is 1. The maximum atomic E-state index is 10.9. The standard InChI is InChI=1S/C13H20N4O2/c1-3-15-4-5-16(9-10(15)2)12-6-11(14)7-13(8-12)17(18)19/h6-8,10H,3-5,9,14H2,1-2H3. The lowest BCUT2D eigenvalue weighted by Crippen LogP contribution is -2.51. The van der Waals surface area contributed by atoms with Crippen LogP contribution in [-0.2, 0) is 0 Å². The lowest BCUT2D eigenvalue weighted by atomic mass is 10.1. The monoisotopic (exact) mass is 264 g/mol. The first-order valence-electron chi connectivity index (χ1n) is 6.55. The molecular formula is C13H20N4O2. The molecule has 1 aromatic carbocycles. The Hall–Kier alpha value is -1.82. The molecular weight excluding hydrogens is 244 g/mol. The van der Waals surface area contributed by atoms with E-state index in [0.29, 0.717) is 11.7 Å². The van der Waals surface area contributed by atoms with E-state index in [2.05, 4.69) is 23.6 Å². The number of hydrogen-bond acceptors (Lipinski definition) is 5. The van der Waals surface area contributed by atoms with E-state index < -0.39 is 4.92 Å². The SMILES string of the molecule is CCN1CCN(c2cc(N)cc([N+](=O)[O-])c2)CC1C. The molecule has 0 bridgehead atoms. The van der Waals surface area contributed by atoms with Crippen LogP contribution < -0.4 is 10.6 Å². The Morgan fingerprint density at radius 2 is 2.16 bits per heavy atom. The number of nitrogen functional groups attached to an aromatic ring is 1. The van der Waals surface area contributed by atoms with E-state index in [-0.39, 0.29) is 5.69 Å². The quantitative estimate of drug-likeness (QED) is 0.511. The Labute approximate surface area is 112 Å². The van der Waals surface area contributed by atoms with Crippen molar-refractivity contribution in [3.05, 3.63) is 28.3 Å². The Kier molecular flexibility index (Phi) is 3.90. The molecule has 1 aromatic rings. The summed E-state index contributed by atoms with van der Waals surface area (Å²) in [5, 5.41) is 10.9. The van der Waals surface area contributed by atoms with Crippen molar-refractivity contribution >= 4 is 17.1 Å². The molecule has 0 spiro atoms. The van der Waals surface area contributed by atoms with Crippen molar-refractivity contribution in [3.63, 3.8) is 0 Å². The summed E-state index contributed by atoms with van der Waals surface area (Å²) in [6.07, 6.45) is 0. The van der Waals surface area contributed by atoms with Gasteiger partial charge in [0.05, 0.1) is 4.92 Å². The highest BCUT2D eigenvalue weighted by atomic mass is 16.6. The molecule has 1 aliphatic rings. The van der Waals surface area contributed by atoms with Crippen molar-refractivity contribution in [1.82, 2.24) is 4.90 Å². The third kappa shape index (κ3) is 2.96. The van der Waals surface area contributed by atoms with Gasteiger partial charge in [0.2, 0.25) is 0 Å². The van der Waals surface area contributed by atoms with Gasteiger partial charge >= 0.3 is 0 Å². The molecule has 1 aliphatic heterocycles. The number of anilines is 2. The highest BCUT2D eigenvalue weighted by molar-refractivity contribution is 5.63. The lowest BCUT2D eigenvalue weighted by Gasteiger charge is -2.40. The molecule has 1 atom stereocenters. The topological polar surface area (TPSA) is 75.6 Å². The van der Waals surface area contributed by atoms with E-state index >= 15 is 0 Å². The molecule has 1 saturated heterocycles. The summed E-state index contributed by atoms with van der Waals surface area (Å²) < 4.78 is 0. The Morgan fingerprint density at radius 1 is 1.42 bits per heavy atom. The highest BCUT2D eigenvalue weighted by Gasteiger charge is 2.23. The molecule has 2 N–H and O–H groups in total. The molecule has 6 nitrogen and oxygen atoms in total. The fourth-order valence-electron chi connectivity index (χ4n) is 2.61. The van der Waals surface area contributed by atoms with Crippen LogP contribution in [0.3, 0.4) is 0 Å². The normalized spacial score (nSPS) is 20.5. The second kappa shape index (κ2) is 5.44. The number of hydrogen-bond donors (Lipinski definition) is 1. The number of rotatable bonds is 3. The second-order valence-electron chi connectivity index (χ2n) is 4.96. The van der Waals surface area contributed by atoms with Gasteiger partial charge in [-0.1, -0.05) is 6.92 Å². The number of likely N-dealkylation sites (N-methyl/N-ethyl adjacent to an activating group) is 1. The van der Waals surface area contributed by atoms with Crippen LogP contribution in [0.25, 0.3) is 0 Å². The zero-order valence-electron chi connectivity index (χ0n) is 11.4. The smallest absolute Gasteiger partial charge is 0.273 e. The van der Waals surface area contributed by atoms with Crippen LogP contribution in [0.1, 0.15) is 13.8 Å². The zero-order valence-corrected chi connectivity index (χ0v) is 11.4. The van der Waals surface area contributed by atoms with Crippen LogP contribution in [0.4, 0.5) is 17.1 Å². The molecule has 19 heavy (non-hydrogen) atoms. The molecule has 2 rings (SSSR count). The van der Waals surface area contributed by atoms with Crippen LogP contribution in [0.2, 0.25) is 0 Å². The largest absolute Gasteiger partial charge is 0.398 e. The van der Waals surface area contributed by atoms with Crippen molar-refractivity contribution in [1.29, 1.82) is 0 Å². The molecule has 104 valence electrons. The number of piperazine rings is 1.